The molecule has 0 radical (unpaired) electrons. The Balaban J connectivity index is 1.60. The van der Waals surface area contributed by atoms with Gasteiger partial charge in [0.2, 0.25) is 0 Å². The molecule has 6 nitrogen and oxygen atoms in total. The van der Waals surface area contributed by atoms with Crippen LogP contribution in [-0.4, -0.2) is 42.6 Å². The summed E-state index contributed by atoms with van der Waals surface area (Å²) in [6, 6.07) is 5.10. The zero-order chi connectivity index (χ0) is 19.9. The number of nitrogens with zero attached hydrogens (tertiary/aromatic N) is 2. The van der Waals surface area contributed by atoms with Crippen LogP contribution in [0, 0.1) is 5.92 Å². The van der Waals surface area contributed by atoms with Crippen molar-refractivity contribution in [2.75, 3.05) is 32.1 Å². The van der Waals surface area contributed by atoms with E-state index in [2.05, 4.69) is 28.7 Å². The number of rotatable bonds is 8. The molecular weight excluding hydrogens is 374 g/mol. The summed E-state index contributed by atoms with van der Waals surface area (Å²) >= 11 is 1.45. The zero-order valence-corrected chi connectivity index (χ0v) is 17.3. The number of thiazole rings is 1. The molecule has 2 aromatic rings. The van der Waals surface area contributed by atoms with Crippen LogP contribution in [0.15, 0.2) is 36.2 Å². The molecule has 0 atom stereocenters. The molecule has 0 saturated carbocycles. The summed E-state index contributed by atoms with van der Waals surface area (Å²) in [6.45, 7) is 9.37. The highest BCUT2D eigenvalue weighted by molar-refractivity contribution is 7.13. The number of methoxy groups -OCH3 is 1. The summed E-state index contributed by atoms with van der Waals surface area (Å²) in [5.41, 5.74) is 1.49. The maximum absolute atomic E-state index is 12.6. The second kappa shape index (κ2) is 9.71. The van der Waals surface area contributed by atoms with Gasteiger partial charge in [0.15, 0.2) is 16.6 Å². The number of anilines is 1. The molecule has 0 spiro atoms. The van der Waals surface area contributed by atoms with Gasteiger partial charge in [-0.15, -0.1) is 11.3 Å². The number of aromatic nitrogens is 1. The van der Waals surface area contributed by atoms with E-state index in [4.69, 9.17) is 9.47 Å². The molecular formula is C21H27N3O3S. The number of ether oxygens (including phenoxy) is 2. The Hall–Kier alpha value is -2.38. The fourth-order valence-corrected chi connectivity index (χ4v) is 3.83. The predicted octanol–water partition coefficient (Wildman–Crippen LogP) is 4.20. The summed E-state index contributed by atoms with van der Waals surface area (Å²) in [6.07, 6.45) is 4.13. The van der Waals surface area contributed by atoms with Crippen LogP contribution in [0.25, 0.3) is 0 Å². The van der Waals surface area contributed by atoms with Crippen LogP contribution >= 0.6 is 11.3 Å². The Morgan fingerprint density at radius 1 is 1.39 bits per heavy atom. The first-order chi connectivity index (χ1) is 13.6. The number of nitrogens with one attached hydrogen (secondary N) is 1. The molecule has 1 aromatic heterocycles. The molecule has 1 saturated heterocycles. The third-order valence-corrected chi connectivity index (χ3v) is 5.62. The second-order valence-electron chi connectivity index (χ2n) is 7.02. The summed E-state index contributed by atoms with van der Waals surface area (Å²) in [4.78, 5) is 19.6. The number of hydrogen-bond acceptors (Lipinski definition) is 6. The summed E-state index contributed by atoms with van der Waals surface area (Å²) in [5, 5.41) is 5.50. The Morgan fingerprint density at radius 2 is 2.18 bits per heavy atom. The lowest BCUT2D eigenvalue weighted by molar-refractivity contribution is 0.102. The lowest BCUT2D eigenvalue weighted by Gasteiger charge is -2.29. The number of carbonyl (C=O) groups excluding carboxylic acids is 1. The third kappa shape index (κ3) is 5.33. The summed E-state index contributed by atoms with van der Waals surface area (Å²) < 4.78 is 10.8. The molecule has 1 fully saturated rings. The van der Waals surface area contributed by atoms with E-state index >= 15 is 0 Å². The molecule has 1 aliphatic rings. The standard InChI is InChI=1S/C21H27N3O3S/c1-4-11-27-18-6-5-16(12-19(18)26-3)20(25)23-21-22-17(14-28-21)13-24-9-7-15(2)8-10-24/h4-6,12,14-15H,1,7-11,13H2,2-3H3,(H,22,23,25). The van der Waals surface area contributed by atoms with Crippen molar-refractivity contribution in [3.8, 4) is 11.5 Å². The first kappa shape index (κ1) is 20.4. The van der Waals surface area contributed by atoms with Crippen molar-refractivity contribution in [3.05, 3.63) is 47.5 Å². The fourth-order valence-electron chi connectivity index (χ4n) is 3.13. The van der Waals surface area contributed by atoms with Crippen molar-refractivity contribution in [1.29, 1.82) is 0 Å². The van der Waals surface area contributed by atoms with Crippen molar-refractivity contribution in [2.24, 2.45) is 5.92 Å². The van der Waals surface area contributed by atoms with Crippen LogP contribution in [0.5, 0.6) is 11.5 Å². The number of amides is 1. The van der Waals surface area contributed by atoms with Gasteiger partial charge in [0.25, 0.3) is 5.91 Å². The Labute approximate surface area is 170 Å². The highest BCUT2D eigenvalue weighted by Gasteiger charge is 2.17. The number of hydrogen-bond donors (Lipinski definition) is 1. The maximum atomic E-state index is 12.6. The molecule has 0 aliphatic carbocycles. The first-order valence-corrected chi connectivity index (χ1v) is 10.4. The molecule has 3 rings (SSSR count). The van der Waals surface area contributed by atoms with Gasteiger partial charge in [0.05, 0.1) is 12.8 Å². The second-order valence-corrected chi connectivity index (χ2v) is 7.88. The molecule has 0 unspecified atom stereocenters. The molecule has 1 amide bonds. The van der Waals surface area contributed by atoms with Gasteiger partial charge in [-0.3, -0.25) is 15.0 Å². The molecule has 28 heavy (non-hydrogen) atoms. The van der Waals surface area contributed by atoms with Crippen molar-refractivity contribution >= 4 is 22.4 Å². The molecule has 1 N–H and O–H groups in total. The fraction of sp³-hybridized carbons (Fsp3) is 0.429. The van der Waals surface area contributed by atoms with Crippen molar-refractivity contribution in [3.63, 3.8) is 0 Å². The molecule has 7 heteroatoms. The molecule has 150 valence electrons. The van der Waals surface area contributed by atoms with E-state index in [1.165, 1.54) is 24.2 Å². The van der Waals surface area contributed by atoms with E-state index in [1.54, 1.807) is 31.4 Å². The SMILES string of the molecule is C=CCOc1ccc(C(=O)Nc2nc(CN3CCC(C)CC3)cs2)cc1OC. The monoisotopic (exact) mass is 401 g/mol. The van der Waals surface area contributed by atoms with Crippen molar-refractivity contribution in [2.45, 2.75) is 26.3 Å². The normalized spacial score (nSPS) is 15.2. The minimum absolute atomic E-state index is 0.221. The maximum Gasteiger partial charge on any atom is 0.257 e. The molecule has 1 aliphatic heterocycles. The van der Waals surface area contributed by atoms with Crippen molar-refractivity contribution < 1.29 is 14.3 Å². The average Bonchev–Trinajstić information content (AvgIpc) is 3.14. The van der Waals surface area contributed by atoms with E-state index < -0.39 is 0 Å². The zero-order valence-electron chi connectivity index (χ0n) is 16.4. The van der Waals surface area contributed by atoms with Crippen LogP contribution in [-0.2, 0) is 6.54 Å². The van der Waals surface area contributed by atoms with Crippen LogP contribution in [0.4, 0.5) is 5.13 Å². The van der Waals surface area contributed by atoms with Gasteiger partial charge < -0.3 is 9.47 Å². The van der Waals surface area contributed by atoms with Crippen LogP contribution in [0.2, 0.25) is 0 Å². The van der Waals surface area contributed by atoms with Gasteiger partial charge in [-0.25, -0.2) is 4.98 Å². The Kier molecular flexibility index (Phi) is 7.06. The van der Waals surface area contributed by atoms with E-state index in [9.17, 15) is 4.79 Å². The number of benzene rings is 1. The van der Waals surface area contributed by atoms with E-state index in [0.717, 1.165) is 31.2 Å². The minimum Gasteiger partial charge on any atom is -0.493 e. The van der Waals surface area contributed by atoms with Crippen LogP contribution in [0.1, 0.15) is 35.8 Å². The summed E-state index contributed by atoms with van der Waals surface area (Å²) in [7, 11) is 1.55. The van der Waals surface area contributed by atoms with Gasteiger partial charge in [0, 0.05) is 17.5 Å². The number of carbonyl (C=O) groups is 1. The van der Waals surface area contributed by atoms with Crippen LogP contribution in [0.3, 0.4) is 0 Å². The predicted molar refractivity (Wildman–Crippen MR) is 112 cm³/mol. The topological polar surface area (TPSA) is 63.7 Å². The Morgan fingerprint density at radius 3 is 2.89 bits per heavy atom. The van der Waals surface area contributed by atoms with Crippen molar-refractivity contribution in [1.82, 2.24) is 9.88 Å². The van der Waals surface area contributed by atoms with Crippen LogP contribution < -0.4 is 14.8 Å². The highest BCUT2D eigenvalue weighted by atomic mass is 32.1. The number of likely N-dealkylation sites (tertiary alicyclic amines) is 1. The quantitative estimate of drug-likeness (QED) is 0.672. The Bertz CT molecular complexity index is 813. The van der Waals surface area contributed by atoms with E-state index in [-0.39, 0.29) is 5.91 Å². The van der Waals surface area contributed by atoms with E-state index in [0.29, 0.717) is 28.8 Å². The third-order valence-electron chi connectivity index (χ3n) is 4.82. The average molecular weight is 402 g/mol. The lowest BCUT2D eigenvalue weighted by Crippen LogP contribution is -2.32. The smallest absolute Gasteiger partial charge is 0.257 e. The van der Waals surface area contributed by atoms with Gasteiger partial charge in [-0.2, -0.15) is 0 Å². The first-order valence-electron chi connectivity index (χ1n) is 9.49. The minimum atomic E-state index is -0.221. The van der Waals surface area contributed by atoms with Gasteiger partial charge in [0.1, 0.15) is 6.61 Å². The van der Waals surface area contributed by atoms with E-state index in [1.807, 2.05) is 5.38 Å². The van der Waals surface area contributed by atoms with Gasteiger partial charge >= 0.3 is 0 Å². The highest BCUT2D eigenvalue weighted by Crippen LogP contribution is 2.29. The summed E-state index contributed by atoms with van der Waals surface area (Å²) in [5.74, 6) is 1.67. The molecule has 1 aromatic carbocycles. The lowest BCUT2D eigenvalue weighted by atomic mass is 9.99. The largest absolute Gasteiger partial charge is 0.493 e. The van der Waals surface area contributed by atoms with Gasteiger partial charge in [-0.05, 0) is 50.0 Å². The van der Waals surface area contributed by atoms with Gasteiger partial charge in [-0.1, -0.05) is 19.6 Å². The number of piperidine rings is 1. The molecule has 0 bridgehead atoms. The molecule has 2 heterocycles.